The van der Waals surface area contributed by atoms with Crippen LogP contribution in [0.5, 0.6) is 5.75 Å². The Morgan fingerprint density at radius 3 is 2.97 bits per heavy atom. The number of hydrogen-bond acceptors (Lipinski definition) is 3. The van der Waals surface area contributed by atoms with Crippen LogP contribution >= 0.6 is 0 Å². The van der Waals surface area contributed by atoms with Gasteiger partial charge in [0.05, 0.1) is 23.1 Å². The van der Waals surface area contributed by atoms with Crippen molar-refractivity contribution in [3.05, 3.63) is 58.9 Å². The highest BCUT2D eigenvalue weighted by atomic mass is 19.3. The molecule has 5 nitrogen and oxygen atoms in total. The number of nitrogens with zero attached hydrogens (tertiary/aromatic N) is 3. The first-order valence-electron chi connectivity index (χ1n) is 11.6. The number of rotatable bonds is 3. The Morgan fingerprint density at radius 2 is 2.19 bits per heavy atom. The zero-order valence-corrected chi connectivity index (χ0v) is 16.7. The summed E-state index contributed by atoms with van der Waals surface area (Å²) in [6.45, 7) is -3.81. The van der Waals surface area contributed by atoms with E-state index in [1.807, 2.05) is 23.6 Å². The van der Waals surface area contributed by atoms with Crippen LogP contribution in [0.4, 0.5) is 8.78 Å². The summed E-state index contributed by atoms with van der Waals surface area (Å²) in [5.74, 6) is 5.72. The lowest BCUT2D eigenvalue weighted by atomic mass is 9.97. The van der Waals surface area contributed by atoms with Gasteiger partial charge in [0.15, 0.2) is 0 Å². The number of amides is 1. The normalized spacial score (nSPS) is 21.0. The predicted molar refractivity (Wildman–Crippen MR) is 112 cm³/mol. The summed E-state index contributed by atoms with van der Waals surface area (Å²) in [4.78, 5) is 18.9. The molecule has 7 heteroatoms. The van der Waals surface area contributed by atoms with Gasteiger partial charge in [0.1, 0.15) is 11.6 Å². The van der Waals surface area contributed by atoms with Gasteiger partial charge in [0, 0.05) is 40.6 Å². The number of unbranched alkanes of at least 4 members (excludes halogenated alkanes) is 1. The fraction of sp³-hybridized carbons (Fsp3) is 0.333. The Bertz CT molecular complexity index is 1360. The molecule has 2 bridgehead atoms. The standard InChI is InChI=1S/C24H21F2N3O2/c1-3-4-5-7-14-10-11-16-17(12-14)29-18-13-19(22(29)27-16)28(2)23(30)15-8-6-9-20(21(15)18)31-24(25)26/h6,8-12,18-19,24H,3-4,13H2,1-2H3/t18-,19-/m1/s1/i2D3. The average Bonchev–Trinajstić information content (AvgIpc) is 3.26. The molecule has 2 aliphatic heterocycles. The van der Waals surface area contributed by atoms with Gasteiger partial charge in [-0.25, -0.2) is 4.98 Å². The quantitative estimate of drug-likeness (QED) is 0.562. The predicted octanol–water partition coefficient (Wildman–Crippen LogP) is 4.91. The van der Waals surface area contributed by atoms with Crippen LogP contribution < -0.4 is 4.74 Å². The molecule has 0 unspecified atom stereocenters. The molecule has 1 aromatic heterocycles. The van der Waals surface area contributed by atoms with E-state index >= 15 is 0 Å². The number of carbonyl (C=O) groups excluding carboxylic acids is 1. The Kier molecular flexibility index (Phi) is 3.88. The van der Waals surface area contributed by atoms with Crippen molar-refractivity contribution in [2.75, 3.05) is 6.98 Å². The van der Waals surface area contributed by atoms with Crippen molar-refractivity contribution in [2.24, 2.45) is 0 Å². The second-order valence-electron chi connectivity index (χ2n) is 7.63. The van der Waals surface area contributed by atoms with Crippen LogP contribution in [0.2, 0.25) is 0 Å². The number of aromatic nitrogens is 2. The van der Waals surface area contributed by atoms with Gasteiger partial charge in [-0.1, -0.05) is 24.8 Å². The molecule has 0 N–H and O–H groups in total. The first kappa shape index (κ1) is 16.3. The number of halogens is 2. The van der Waals surface area contributed by atoms with Gasteiger partial charge in [-0.15, -0.1) is 0 Å². The van der Waals surface area contributed by atoms with Crippen molar-refractivity contribution in [3.63, 3.8) is 0 Å². The molecule has 0 fully saturated rings. The minimum Gasteiger partial charge on any atom is -0.434 e. The molecule has 3 heterocycles. The third kappa shape index (κ3) is 3.05. The largest absolute Gasteiger partial charge is 0.434 e. The molecule has 158 valence electrons. The number of benzene rings is 2. The summed E-state index contributed by atoms with van der Waals surface area (Å²) in [7, 11) is 0. The van der Waals surface area contributed by atoms with Gasteiger partial charge in [-0.05, 0) is 36.8 Å². The van der Waals surface area contributed by atoms with Crippen LogP contribution in [0.1, 0.15) is 69.7 Å². The van der Waals surface area contributed by atoms with Gasteiger partial charge in [-0.3, -0.25) is 4.79 Å². The molecule has 0 radical (unpaired) electrons. The summed E-state index contributed by atoms with van der Waals surface area (Å²) < 4.78 is 57.3. The third-order valence-corrected chi connectivity index (χ3v) is 5.76. The molecule has 2 aromatic carbocycles. The van der Waals surface area contributed by atoms with Crippen molar-refractivity contribution >= 4 is 16.9 Å². The Morgan fingerprint density at radius 1 is 1.32 bits per heavy atom. The lowest BCUT2D eigenvalue weighted by Crippen LogP contribution is -2.30. The summed E-state index contributed by atoms with van der Waals surface area (Å²) >= 11 is 0. The number of hydrogen-bond donors (Lipinski definition) is 0. The average molecular weight is 424 g/mol. The van der Waals surface area contributed by atoms with E-state index in [-0.39, 0.29) is 23.3 Å². The van der Waals surface area contributed by atoms with Gasteiger partial charge >= 0.3 is 6.61 Å². The molecular formula is C24H21F2N3O2. The van der Waals surface area contributed by atoms with Crippen molar-refractivity contribution in [1.82, 2.24) is 14.5 Å². The molecule has 3 aromatic rings. The minimum atomic E-state index is -3.10. The Hall–Kier alpha value is -3.40. The fourth-order valence-electron chi connectivity index (χ4n) is 4.48. The van der Waals surface area contributed by atoms with Crippen LogP contribution in [-0.4, -0.2) is 33.9 Å². The van der Waals surface area contributed by atoms with E-state index in [1.54, 1.807) is 6.07 Å². The maximum atomic E-state index is 13.4. The highest BCUT2D eigenvalue weighted by molar-refractivity contribution is 5.97. The van der Waals surface area contributed by atoms with E-state index < -0.39 is 31.6 Å². The molecule has 2 atom stereocenters. The summed E-state index contributed by atoms with van der Waals surface area (Å²) in [6, 6.07) is 8.29. The maximum Gasteiger partial charge on any atom is 0.387 e. The molecule has 5 rings (SSSR count). The summed E-state index contributed by atoms with van der Waals surface area (Å²) in [5, 5.41) is 0. The monoisotopic (exact) mass is 424 g/mol. The first-order valence-corrected chi connectivity index (χ1v) is 10.1. The molecule has 2 aliphatic rings. The Balaban J connectivity index is 1.78. The highest BCUT2D eigenvalue weighted by Gasteiger charge is 2.44. The minimum absolute atomic E-state index is 0.0353. The fourth-order valence-corrected chi connectivity index (χ4v) is 4.48. The second-order valence-corrected chi connectivity index (χ2v) is 7.63. The maximum absolute atomic E-state index is 13.4. The molecule has 0 saturated heterocycles. The number of alkyl halides is 2. The van der Waals surface area contributed by atoms with E-state index in [2.05, 4.69) is 16.8 Å². The lowest BCUT2D eigenvalue weighted by Gasteiger charge is -2.24. The number of imidazole rings is 1. The van der Waals surface area contributed by atoms with Gasteiger partial charge in [-0.2, -0.15) is 8.78 Å². The summed E-state index contributed by atoms with van der Waals surface area (Å²) in [6.07, 6.45) is 1.87. The lowest BCUT2D eigenvalue weighted by molar-refractivity contribution is -0.0507. The van der Waals surface area contributed by atoms with Crippen LogP contribution in [0, 0.1) is 11.8 Å². The van der Waals surface area contributed by atoms with E-state index in [1.165, 1.54) is 18.2 Å². The molecule has 0 spiro atoms. The van der Waals surface area contributed by atoms with Crippen LogP contribution in [0.15, 0.2) is 36.4 Å². The van der Waals surface area contributed by atoms with Gasteiger partial charge in [0.2, 0.25) is 0 Å². The third-order valence-electron chi connectivity index (χ3n) is 5.76. The van der Waals surface area contributed by atoms with Crippen molar-refractivity contribution in [2.45, 2.75) is 44.9 Å². The Labute approximate surface area is 182 Å². The topological polar surface area (TPSA) is 47.4 Å². The van der Waals surface area contributed by atoms with E-state index in [4.69, 9.17) is 8.85 Å². The van der Waals surface area contributed by atoms with Crippen molar-refractivity contribution < 1.29 is 22.4 Å². The molecule has 1 amide bonds. The van der Waals surface area contributed by atoms with E-state index in [9.17, 15) is 13.6 Å². The van der Waals surface area contributed by atoms with Gasteiger partial charge in [0.25, 0.3) is 5.91 Å². The molecule has 31 heavy (non-hydrogen) atoms. The van der Waals surface area contributed by atoms with Crippen molar-refractivity contribution in [1.29, 1.82) is 0 Å². The van der Waals surface area contributed by atoms with Crippen molar-refractivity contribution in [3.8, 4) is 17.6 Å². The van der Waals surface area contributed by atoms with Crippen LogP contribution in [0.3, 0.4) is 0 Å². The molecule has 0 saturated carbocycles. The SMILES string of the molecule is [2H]C([2H])([2H])N1C(=O)c2cccc(OC(F)F)c2[C@H]2C[C@@H]1c1nc3ccc(C#CCCC)cc3n12. The van der Waals surface area contributed by atoms with Crippen LogP contribution in [-0.2, 0) is 0 Å². The number of fused-ring (bicyclic) bond motifs is 9. The smallest absolute Gasteiger partial charge is 0.387 e. The zero-order valence-electron chi connectivity index (χ0n) is 19.7. The zero-order chi connectivity index (χ0) is 24.2. The van der Waals surface area contributed by atoms with Gasteiger partial charge < -0.3 is 14.2 Å². The second kappa shape index (κ2) is 7.38. The molecule has 0 aliphatic carbocycles. The van der Waals surface area contributed by atoms with E-state index in [0.717, 1.165) is 23.3 Å². The van der Waals surface area contributed by atoms with Crippen LogP contribution in [0.25, 0.3) is 11.0 Å². The summed E-state index contributed by atoms with van der Waals surface area (Å²) in [5.41, 5.74) is 2.35. The first-order chi connectivity index (χ1) is 16.2. The molecular weight excluding hydrogens is 400 g/mol. The highest BCUT2D eigenvalue weighted by Crippen LogP contribution is 2.49. The van der Waals surface area contributed by atoms with E-state index in [0.29, 0.717) is 16.9 Å². The number of ether oxygens (including phenoxy) is 1. The number of carbonyl (C=O) groups is 1.